The Kier molecular flexibility index (Phi) is 7.58. The Balaban J connectivity index is 0.000000200. The monoisotopic (exact) mass is 440 g/mol. The average Bonchev–Trinajstić information content (AvgIpc) is 2.66. The molecule has 0 radical (unpaired) electrons. The zero-order valence-corrected chi connectivity index (χ0v) is 16.1. The van der Waals surface area contributed by atoms with Crippen LogP contribution in [0.2, 0.25) is 0 Å². The molecular weight excluding hydrogens is 423 g/mol. The van der Waals surface area contributed by atoms with Gasteiger partial charge in [-0.1, -0.05) is 60.7 Å². The van der Waals surface area contributed by atoms with Gasteiger partial charge in [-0.15, -0.1) is 0 Å². The van der Waals surface area contributed by atoms with E-state index in [4.69, 9.17) is 9.11 Å². The van der Waals surface area contributed by atoms with Crippen LogP contribution in [0, 0.1) is 0 Å². The third kappa shape index (κ3) is 6.10. The second-order valence-electron chi connectivity index (χ2n) is 5.97. The number of fused-ring (bicyclic) bond motifs is 2. The van der Waals surface area contributed by atoms with Crippen LogP contribution in [0.5, 0.6) is 0 Å². The average molecular weight is 440 g/mol. The molecule has 0 aliphatic carbocycles. The maximum absolute atomic E-state index is 10.8. The first-order valence-corrected chi connectivity index (χ1v) is 11.0. The molecule has 0 spiro atoms. The van der Waals surface area contributed by atoms with E-state index in [1.807, 2.05) is 36.4 Å². The van der Waals surface area contributed by atoms with Crippen molar-refractivity contribution in [2.75, 3.05) is 0 Å². The molecule has 0 unspecified atom stereocenters. The molecule has 0 atom stereocenters. The van der Waals surface area contributed by atoms with Gasteiger partial charge < -0.3 is 0 Å². The van der Waals surface area contributed by atoms with Gasteiger partial charge >= 0.3 is 29.6 Å². The molecule has 0 amide bonds. The minimum absolute atomic E-state index is 0. The first-order valence-electron chi connectivity index (χ1n) is 8.07. The summed E-state index contributed by atoms with van der Waals surface area (Å²) in [5.74, 6) is 0. The molecule has 146 valence electrons. The molecule has 0 saturated carbocycles. The first-order chi connectivity index (χ1) is 13.1. The molecule has 0 bridgehead atoms. The van der Waals surface area contributed by atoms with E-state index in [1.165, 1.54) is 24.3 Å². The van der Waals surface area contributed by atoms with Gasteiger partial charge in [-0.3, -0.25) is 9.11 Å². The quantitative estimate of drug-likeness (QED) is 0.365. The molecule has 6 nitrogen and oxygen atoms in total. The molecule has 9 heteroatoms. The molecule has 0 aliphatic rings. The number of benzene rings is 4. The number of rotatable bonds is 2. The summed E-state index contributed by atoms with van der Waals surface area (Å²) in [7, 11) is -8.19. The standard InChI is InChI=1S/2C10H8O3S.Na.H/c2*11-14(12,13)10-6-5-8-3-1-2-4-9(8)7-10;;/h2*1-7H,(H,11,12,13);;. The second kappa shape index (κ2) is 9.36. The molecule has 4 aromatic carbocycles. The van der Waals surface area contributed by atoms with E-state index in [0.29, 0.717) is 0 Å². The fraction of sp³-hybridized carbons (Fsp3) is 0. The first kappa shape index (κ1) is 23.5. The van der Waals surface area contributed by atoms with Crippen molar-refractivity contribution < 1.29 is 25.9 Å². The van der Waals surface area contributed by atoms with Gasteiger partial charge in [0.15, 0.2) is 0 Å². The Bertz CT molecular complexity index is 1260. The van der Waals surface area contributed by atoms with Gasteiger partial charge in [0.1, 0.15) is 0 Å². The molecule has 0 heterocycles. The van der Waals surface area contributed by atoms with Crippen LogP contribution < -0.4 is 0 Å². The van der Waals surface area contributed by atoms with E-state index < -0.39 is 20.2 Å². The maximum atomic E-state index is 10.8. The van der Waals surface area contributed by atoms with Crippen LogP contribution in [0.3, 0.4) is 0 Å². The molecule has 0 aliphatic heterocycles. The van der Waals surface area contributed by atoms with Crippen molar-refractivity contribution in [3.05, 3.63) is 84.9 Å². The van der Waals surface area contributed by atoms with Gasteiger partial charge in [-0.05, 0) is 45.8 Å². The summed E-state index contributed by atoms with van der Waals surface area (Å²) in [6.07, 6.45) is 0. The molecule has 0 fully saturated rings. The zero-order chi connectivity index (χ0) is 20.4. The van der Waals surface area contributed by atoms with Crippen molar-refractivity contribution in [3.63, 3.8) is 0 Å². The molecule has 4 rings (SSSR count). The molecule has 2 N–H and O–H groups in total. The van der Waals surface area contributed by atoms with Crippen LogP contribution in [-0.4, -0.2) is 55.5 Å². The Morgan fingerprint density at radius 3 is 1.10 bits per heavy atom. The minimum atomic E-state index is -4.09. The van der Waals surface area contributed by atoms with Gasteiger partial charge in [0.05, 0.1) is 9.79 Å². The fourth-order valence-corrected chi connectivity index (χ4v) is 3.69. The van der Waals surface area contributed by atoms with Crippen molar-refractivity contribution in [2.24, 2.45) is 0 Å². The van der Waals surface area contributed by atoms with Gasteiger partial charge in [0.25, 0.3) is 20.2 Å². The molecule has 0 saturated heterocycles. The van der Waals surface area contributed by atoms with Crippen LogP contribution >= 0.6 is 0 Å². The van der Waals surface area contributed by atoms with Gasteiger partial charge in [-0.25, -0.2) is 0 Å². The number of hydrogen-bond acceptors (Lipinski definition) is 4. The van der Waals surface area contributed by atoms with E-state index in [2.05, 4.69) is 0 Å². The predicted molar refractivity (Wildman–Crippen MR) is 115 cm³/mol. The fourth-order valence-electron chi connectivity index (χ4n) is 2.66. The van der Waals surface area contributed by atoms with E-state index in [1.54, 1.807) is 24.3 Å². The van der Waals surface area contributed by atoms with Crippen molar-refractivity contribution in [3.8, 4) is 0 Å². The van der Waals surface area contributed by atoms with E-state index in [9.17, 15) is 16.8 Å². The van der Waals surface area contributed by atoms with Crippen molar-refractivity contribution in [2.45, 2.75) is 9.79 Å². The third-order valence-corrected chi connectivity index (χ3v) is 5.74. The second-order valence-corrected chi connectivity index (χ2v) is 8.81. The molecular formula is C20H17NaO6S2. The third-order valence-electron chi connectivity index (χ3n) is 4.04. The Morgan fingerprint density at radius 2 is 0.793 bits per heavy atom. The van der Waals surface area contributed by atoms with E-state index >= 15 is 0 Å². The summed E-state index contributed by atoms with van der Waals surface area (Å²) in [5, 5.41) is 3.48. The van der Waals surface area contributed by atoms with Crippen molar-refractivity contribution in [1.29, 1.82) is 0 Å². The van der Waals surface area contributed by atoms with Crippen molar-refractivity contribution >= 4 is 71.3 Å². The van der Waals surface area contributed by atoms with Crippen LogP contribution in [0.15, 0.2) is 94.7 Å². The molecule has 29 heavy (non-hydrogen) atoms. The van der Waals surface area contributed by atoms with E-state index in [-0.39, 0.29) is 39.3 Å². The SMILES string of the molecule is O=S(=O)(O)c1ccc2ccccc2c1.O=S(=O)(O)c1ccc2ccccc2c1.[NaH]. The van der Waals surface area contributed by atoms with Crippen LogP contribution in [-0.2, 0) is 20.2 Å². The topological polar surface area (TPSA) is 109 Å². The van der Waals surface area contributed by atoms with Gasteiger partial charge in [0.2, 0.25) is 0 Å². The summed E-state index contributed by atoms with van der Waals surface area (Å²) < 4.78 is 61.0. The number of hydrogen-bond donors (Lipinski definition) is 2. The summed E-state index contributed by atoms with van der Waals surface area (Å²) >= 11 is 0. The predicted octanol–water partition coefficient (Wildman–Crippen LogP) is 3.52. The van der Waals surface area contributed by atoms with Crippen LogP contribution in [0.4, 0.5) is 0 Å². The van der Waals surface area contributed by atoms with Crippen LogP contribution in [0.25, 0.3) is 21.5 Å². The van der Waals surface area contributed by atoms with Crippen LogP contribution in [0.1, 0.15) is 0 Å². The normalized spacial score (nSPS) is 11.4. The summed E-state index contributed by atoms with van der Waals surface area (Å²) in [4.78, 5) is -0.146. The molecule has 0 aromatic heterocycles. The summed E-state index contributed by atoms with van der Waals surface area (Å²) in [6.45, 7) is 0. The van der Waals surface area contributed by atoms with Gasteiger partial charge in [0, 0.05) is 0 Å². The Morgan fingerprint density at radius 1 is 0.483 bits per heavy atom. The van der Waals surface area contributed by atoms with Crippen molar-refractivity contribution in [1.82, 2.24) is 0 Å². The Labute approximate surface area is 191 Å². The van der Waals surface area contributed by atoms with Gasteiger partial charge in [-0.2, -0.15) is 16.8 Å². The molecule has 4 aromatic rings. The van der Waals surface area contributed by atoms with E-state index in [0.717, 1.165) is 21.5 Å². The summed E-state index contributed by atoms with van der Waals surface area (Å²) in [5.41, 5.74) is 0. The zero-order valence-electron chi connectivity index (χ0n) is 14.4. The Hall–Kier alpha value is -1.78. The summed E-state index contributed by atoms with van der Waals surface area (Å²) in [6, 6.07) is 23.7.